The monoisotopic (exact) mass is 778 g/mol. The van der Waals surface area contributed by atoms with E-state index in [2.05, 4.69) is 70.7 Å². The second-order valence-corrected chi connectivity index (χ2v) is 14.4. The average molecular weight is 779 g/mol. The molecule has 8 bridgehead atoms. The Kier molecular flexibility index (Phi) is 9.08. The number of non-ortho nitro benzene ring substituents is 1. The number of benzene rings is 5. The van der Waals surface area contributed by atoms with Crippen LogP contribution in [0.2, 0.25) is 0 Å². The number of carbonyl (C=O) groups is 1. The van der Waals surface area contributed by atoms with Crippen molar-refractivity contribution < 1.29 is 14.4 Å². The van der Waals surface area contributed by atoms with Gasteiger partial charge in [0.1, 0.15) is 5.91 Å². The quantitative estimate of drug-likeness (QED) is 0.0950. The van der Waals surface area contributed by atoms with Crippen LogP contribution in [0.4, 0.5) is 5.69 Å². The summed E-state index contributed by atoms with van der Waals surface area (Å²) in [6, 6.07) is 54.2. The van der Waals surface area contributed by atoms with Crippen molar-refractivity contribution in [3.8, 4) is 44.5 Å². The minimum atomic E-state index is -0.561. The maximum atomic E-state index is 14.3. The van der Waals surface area contributed by atoms with E-state index in [9.17, 15) is 14.9 Å². The molecule has 1 amide bonds. The third kappa shape index (κ3) is 6.55. The van der Waals surface area contributed by atoms with Crippen LogP contribution < -0.4 is 4.68 Å². The first-order chi connectivity index (χ1) is 29.5. The van der Waals surface area contributed by atoms with E-state index in [0.29, 0.717) is 11.4 Å². The highest BCUT2D eigenvalue weighted by molar-refractivity contribution is 6.03. The SMILES string of the molecule is O=C([N-][n+]1c2c(-c3ccccc3)c3ccc([nH]3)c(-c3ccccc3)c3nc(c(-c4ccccc4)c4ccc([nH]4)c(-c4ccccc4)c1C=C2)C=C3)c1ccc([N+](=O)[O-])cc1. The Hall–Kier alpha value is -8.43. The highest BCUT2D eigenvalue weighted by Crippen LogP contribution is 2.38. The fourth-order valence-corrected chi connectivity index (χ4v) is 7.99. The van der Waals surface area contributed by atoms with Crippen LogP contribution in [0.25, 0.3) is 96.3 Å². The Morgan fingerprint density at radius 3 is 1.23 bits per heavy atom. The fourth-order valence-electron chi connectivity index (χ4n) is 7.99. The molecule has 9 heteroatoms. The predicted octanol–water partition coefficient (Wildman–Crippen LogP) is 12.1. The van der Waals surface area contributed by atoms with Crippen LogP contribution in [0.3, 0.4) is 0 Å². The Morgan fingerprint density at radius 1 is 0.483 bits per heavy atom. The van der Waals surface area contributed by atoms with Crippen molar-refractivity contribution in [1.29, 1.82) is 0 Å². The Bertz CT molecular complexity index is 3010. The molecule has 2 aliphatic heterocycles. The predicted molar refractivity (Wildman–Crippen MR) is 239 cm³/mol. The molecule has 8 aromatic rings. The standard InChI is InChI=1S/C51H34N6O3/c58-51(37-21-23-38(24-22-37)57(59)60)55-56-45-31-32-46(56)50(36-19-11-4-12-20-36)44-30-28-42(54-44)48(34-15-7-2-8-16-34)40-26-25-39(52-40)47(33-13-5-1-6-14-33)41-27-29-43(53-41)49(45)35-17-9-3-10-18-35/h1-32,53-54H. The molecule has 286 valence electrons. The van der Waals surface area contributed by atoms with Gasteiger partial charge < -0.3 is 20.2 Å². The van der Waals surface area contributed by atoms with Gasteiger partial charge in [-0.1, -0.05) is 121 Å². The van der Waals surface area contributed by atoms with Gasteiger partial charge in [0.15, 0.2) is 0 Å². The third-order valence-electron chi connectivity index (χ3n) is 10.7. The van der Waals surface area contributed by atoms with Crippen molar-refractivity contribution in [2.24, 2.45) is 0 Å². The molecule has 0 atom stereocenters. The molecule has 2 aliphatic rings. The lowest BCUT2D eigenvalue weighted by atomic mass is 10.0. The van der Waals surface area contributed by atoms with Gasteiger partial charge in [0.2, 0.25) is 11.4 Å². The van der Waals surface area contributed by atoms with Gasteiger partial charge in [0, 0.05) is 52.0 Å². The number of rotatable bonds is 7. The van der Waals surface area contributed by atoms with Gasteiger partial charge in [0.25, 0.3) is 5.69 Å². The lowest BCUT2D eigenvalue weighted by Crippen LogP contribution is -2.37. The summed E-state index contributed by atoms with van der Waals surface area (Å²) in [6.45, 7) is 0. The van der Waals surface area contributed by atoms with Crippen LogP contribution in [0.15, 0.2) is 170 Å². The number of H-pyrrole nitrogens is 2. The van der Waals surface area contributed by atoms with Crippen molar-refractivity contribution in [2.45, 2.75) is 0 Å². The minimum absolute atomic E-state index is 0.113. The highest BCUT2D eigenvalue weighted by Gasteiger charge is 2.26. The van der Waals surface area contributed by atoms with Crippen molar-refractivity contribution >= 4 is 58.0 Å². The van der Waals surface area contributed by atoms with E-state index in [1.165, 1.54) is 24.3 Å². The van der Waals surface area contributed by atoms with Crippen LogP contribution in [0.1, 0.15) is 33.1 Å². The molecular weight excluding hydrogens is 745 g/mol. The van der Waals surface area contributed by atoms with Crippen LogP contribution in [-0.4, -0.2) is 25.8 Å². The molecule has 3 aromatic heterocycles. The average Bonchev–Trinajstić information content (AvgIpc) is 4.14. The van der Waals surface area contributed by atoms with Gasteiger partial charge in [0.05, 0.1) is 38.5 Å². The molecule has 2 N–H and O–H groups in total. The Labute approximate surface area is 344 Å². The first-order valence-corrected chi connectivity index (χ1v) is 19.5. The Morgan fingerprint density at radius 2 is 0.850 bits per heavy atom. The first-order valence-electron chi connectivity index (χ1n) is 19.5. The van der Waals surface area contributed by atoms with E-state index in [1.54, 1.807) is 4.68 Å². The van der Waals surface area contributed by atoms with Gasteiger partial charge in [-0.3, -0.25) is 10.1 Å². The first kappa shape index (κ1) is 35.9. The van der Waals surface area contributed by atoms with Crippen molar-refractivity contribution in [1.82, 2.24) is 15.0 Å². The van der Waals surface area contributed by atoms with E-state index < -0.39 is 10.8 Å². The molecule has 0 unspecified atom stereocenters. The Balaban J connectivity index is 1.38. The molecule has 0 saturated heterocycles. The summed E-state index contributed by atoms with van der Waals surface area (Å²) in [5.41, 5.74) is 18.5. The van der Waals surface area contributed by atoms with E-state index >= 15 is 0 Å². The van der Waals surface area contributed by atoms with E-state index in [-0.39, 0.29) is 11.3 Å². The van der Waals surface area contributed by atoms with Gasteiger partial charge in [-0.2, -0.15) is 0 Å². The zero-order valence-electron chi connectivity index (χ0n) is 32.0. The fraction of sp³-hybridized carbons (Fsp3) is 0. The number of amides is 1. The van der Waals surface area contributed by atoms with E-state index in [0.717, 1.165) is 78.0 Å². The molecule has 0 radical (unpaired) electrons. The van der Waals surface area contributed by atoms with Crippen LogP contribution >= 0.6 is 0 Å². The maximum Gasteiger partial charge on any atom is 0.269 e. The zero-order valence-corrected chi connectivity index (χ0v) is 32.0. The van der Waals surface area contributed by atoms with Crippen LogP contribution in [0.5, 0.6) is 0 Å². The van der Waals surface area contributed by atoms with Gasteiger partial charge >= 0.3 is 0 Å². The second kappa shape index (κ2) is 15.1. The molecule has 0 spiro atoms. The molecule has 0 fully saturated rings. The van der Waals surface area contributed by atoms with Gasteiger partial charge in [-0.05, 0) is 70.8 Å². The molecule has 5 aromatic carbocycles. The normalized spacial score (nSPS) is 11.7. The number of nitrogens with one attached hydrogen (secondary N) is 2. The number of nitro groups is 1. The molecular formula is C51H34N6O3. The highest BCUT2D eigenvalue weighted by atomic mass is 16.6. The third-order valence-corrected chi connectivity index (χ3v) is 10.7. The van der Waals surface area contributed by atoms with Crippen molar-refractivity contribution in [3.05, 3.63) is 214 Å². The molecule has 60 heavy (non-hydrogen) atoms. The number of nitro benzene ring substituents is 1. The number of nitrogens with zero attached hydrogens (tertiary/aromatic N) is 4. The number of carbonyl (C=O) groups excluding carboxylic acids is 1. The number of hydrogen-bond donors (Lipinski definition) is 2. The summed E-state index contributed by atoms with van der Waals surface area (Å²) in [7, 11) is 0. The summed E-state index contributed by atoms with van der Waals surface area (Å²) in [6.07, 6.45) is 8.13. The van der Waals surface area contributed by atoms with Crippen molar-refractivity contribution in [2.75, 3.05) is 0 Å². The summed E-state index contributed by atoms with van der Waals surface area (Å²) in [5.74, 6) is -0.561. The topological polar surface area (TPSA) is 123 Å². The molecule has 5 heterocycles. The number of hydrogen-bond acceptors (Lipinski definition) is 4. The lowest BCUT2D eigenvalue weighted by molar-refractivity contribution is -0.617. The maximum absolute atomic E-state index is 14.3. The van der Waals surface area contributed by atoms with Crippen molar-refractivity contribution in [3.63, 3.8) is 0 Å². The number of fused-ring (bicyclic) bond motifs is 8. The number of aromatic nitrogens is 4. The van der Waals surface area contributed by atoms with E-state index in [1.807, 2.05) is 109 Å². The second-order valence-electron chi connectivity index (χ2n) is 14.4. The summed E-state index contributed by atoms with van der Waals surface area (Å²) in [5, 5.41) is 11.5. The molecule has 0 aliphatic carbocycles. The molecule has 0 saturated carbocycles. The lowest BCUT2D eigenvalue weighted by Gasteiger charge is -2.16. The largest absolute Gasteiger partial charge is 0.366 e. The summed E-state index contributed by atoms with van der Waals surface area (Å²) >= 11 is 0. The summed E-state index contributed by atoms with van der Waals surface area (Å²) in [4.78, 5) is 38.2. The minimum Gasteiger partial charge on any atom is -0.366 e. The van der Waals surface area contributed by atoms with E-state index in [4.69, 9.17) is 10.4 Å². The summed E-state index contributed by atoms with van der Waals surface area (Å²) < 4.78 is 1.70. The van der Waals surface area contributed by atoms with Gasteiger partial charge in [-0.15, -0.1) is 0 Å². The zero-order chi connectivity index (χ0) is 40.6. The molecule has 10 rings (SSSR count). The number of aromatic amines is 2. The van der Waals surface area contributed by atoms with Gasteiger partial charge in [-0.25, -0.2) is 9.66 Å². The smallest absolute Gasteiger partial charge is 0.269 e. The van der Waals surface area contributed by atoms with Crippen LogP contribution in [0, 0.1) is 10.1 Å². The molecule has 9 nitrogen and oxygen atoms in total. The van der Waals surface area contributed by atoms with Crippen LogP contribution in [-0.2, 0) is 0 Å².